The first kappa shape index (κ1) is 15.2. The van der Waals surface area contributed by atoms with E-state index in [-0.39, 0.29) is 0 Å². The predicted molar refractivity (Wildman–Crippen MR) is 88.6 cm³/mol. The highest BCUT2D eigenvalue weighted by atomic mass is 32.2. The molecule has 0 atom stereocenters. The molecule has 0 spiro atoms. The Morgan fingerprint density at radius 1 is 1.18 bits per heavy atom. The van der Waals surface area contributed by atoms with Crippen molar-refractivity contribution in [2.45, 2.75) is 48.9 Å². The molecular weight excluding hydrogens is 296 g/mol. The van der Waals surface area contributed by atoms with Crippen LogP contribution in [0.4, 0.5) is 0 Å². The lowest BCUT2D eigenvalue weighted by Gasteiger charge is -2.20. The minimum absolute atomic E-state index is 0.474. The number of rotatable bonds is 5. The lowest BCUT2D eigenvalue weighted by molar-refractivity contribution is 0.414. The maximum atomic E-state index is 6.19. The van der Waals surface area contributed by atoms with Gasteiger partial charge in [0.25, 0.3) is 0 Å². The molecule has 5 nitrogen and oxygen atoms in total. The molecule has 2 N–H and O–H groups in total. The van der Waals surface area contributed by atoms with Gasteiger partial charge >= 0.3 is 0 Å². The number of nitrogen functional groups attached to an aromatic ring is 1. The first-order chi connectivity index (χ1) is 10.8. The minimum atomic E-state index is 0.474. The molecule has 22 heavy (non-hydrogen) atoms. The molecule has 1 aliphatic rings. The number of hydrogen-bond acceptors (Lipinski definition) is 5. The molecule has 0 radical (unpaired) electrons. The topological polar surface area (TPSA) is 66.0 Å². The van der Waals surface area contributed by atoms with Crippen LogP contribution >= 0.6 is 11.8 Å². The minimum Gasteiger partial charge on any atom is -0.497 e. The first-order valence-electron chi connectivity index (χ1n) is 7.74. The van der Waals surface area contributed by atoms with Crippen LogP contribution in [0, 0.1) is 0 Å². The quantitative estimate of drug-likeness (QED) is 0.676. The zero-order valence-corrected chi connectivity index (χ0v) is 13.7. The normalized spacial score (nSPS) is 15.9. The molecule has 6 heteroatoms. The number of ether oxygens (including phenoxy) is 1. The Bertz CT molecular complexity index is 605. The van der Waals surface area contributed by atoms with Gasteiger partial charge in [-0.2, -0.15) is 0 Å². The third kappa shape index (κ3) is 3.38. The summed E-state index contributed by atoms with van der Waals surface area (Å²) >= 11 is 1.62. The molecule has 1 aromatic carbocycles. The number of nitrogens with zero attached hydrogens (tertiary/aromatic N) is 3. The molecule has 1 saturated carbocycles. The van der Waals surface area contributed by atoms with Gasteiger partial charge in [0, 0.05) is 11.7 Å². The van der Waals surface area contributed by atoms with E-state index in [1.807, 2.05) is 12.1 Å². The second kappa shape index (κ2) is 7.05. The Balaban J connectivity index is 1.63. The predicted octanol–water partition coefficient (Wildman–Crippen LogP) is 3.34. The molecule has 1 aromatic heterocycles. The van der Waals surface area contributed by atoms with Gasteiger partial charge in [0.05, 0.1) is 7.11 Å². The standard InChI is InChI=1S/C16H22N4OS/c1-21-14-9-7-12(8-10-14)11-22-16-19-18-15(20(16)17)13-5-3-2-4-6-13/h7-10,13H,2-6,11,17H2,1H3. The second-order valence-corrected chi connectivity index (χ2v) is 6.62. The van der Waals surface area contributed by atoms with Gasteiger partial charge < -0.3 is 10.6 Å². The van der Waals surface area contributed by atoms with Crippen molar-refractivity contribution < 1.29 is 4.74 Å². The summed E-state index contributed by atoms with van der Waals surface area (Å²) in [5, 5.41) is 9.38. The molecule has 0 bridgehead atoms. The van der Waals surface area contributed by atoms with Gasteiger partial charge in [-0.1, -0.05) is 43.2 Å². The largest absolute Gasteiger partial charge is 0.497 e. The van der Waals surface area contributed by atoms with Crippen molar-refractivity contribution in [1.82, 2.24) is 14.9 Å². The molecule has 0 amide bonds. The third-order valence-electron chi connectivity index (χ3n) is 4.19. The highest BCUT2D eigenvalue weighted by Gasteiger charge is 2.22. The molecule has 1 aliphatic carbocycles. The summed E-state index contributed by atoms with van der Waals surface area (Å²) in [5.74, 6) is 9.30. The molecule has 1 heterocycles. The van der Waals surface area contributed by atoms with Gasteiger partial charge in [-0.25, -0.2) is 4.68 Å². The van der Waals surface area contributed by atoms with Crippen molar-refractivity contribution in [3.05, 3.63) is 35.7 Å². The summed E-state index contributed by atoms with van der Waals surface area (Å²) in [4.78, 5) is 0. The van der Waals surface area contributed by atoms with Gasteiger partial charge in [0.2, 0.25) is 5.16 Å². The van der Waals surface area contributed by atoms with Crippen LogP contribution in [0.5, 0.6) is 5.75 Å². The van der Waals surface area contributed by atoms with Crippen molar-refractivity contribution in [3.63, 3.8) is 0 Å². The Hall–Kier alpha value is -1.69. The van der Waals surface area contributed by atoms with E-state index in [4.69, 9.17) is 10.6 Å². The fourth-order valence-corrected chi connectivity index (χ4v) is 3.71. The van der Waals surface area contributed by atoms with Crippen LogP contribution in [0.15, 0.2) is 29.4 Å². The van der Waals surface area contributed by atoms with Crippen molar-refractivity contribution in [3.8, 4) is 5.75 Å². The summed E-state index contributed by atoms with van der Waals surface area (Å²) in [7, 11) is 1.67. The first-order valence-corrected chi connectivity index (χ1v) is 8.72. The van der Waals surface area contributed by atoms with E-state index < -0.39 is 0 Å². The van der Waals surface area contributed by atoms with Crippen LogP contribution in [0.25, 0.3) is 0 Å². The summed E-state index contributed by atoms with van der Waals surface area (Å²) in [6, 6.07) is 8.06. The molecule has 3 rings (SSSR count). The third-order valence-corrected chi connectivity index (χ3v) is 5.20. The molecule has 118 valence electrons. The number of benzene rings is 1. The fraction of sp³-hybridized carbons (Fsp3) is 0.500. The lowest BCUT2D eigenvalue weighted by Crippen LogP contribution is -2.18. The maximum Gasteiger partial charge on any atom is 0.210 e. The van der Waals surface area contributed by atoms with Gasteiger partial charge in [-0.05, 0) is 30.5 Å². The number of thioether (sulfide) groups is 1. The molecule has 0 saturated heterocycles. The number of hydrogen-bond donors (Lipinski definition) is 1. The zero-order chi connectivity index (χ0) is 15.4. The van der Waals surface area contributed by atoms with Crippen LogP contribution in [-0.2, 0) is 5.75 Å². The SMILES string of the molecule is COc1ccc(CSc2nnc(C3CCCCC3)n2N)cc1. The Morgan fingerprint density at radius 3 is 2.59 bits per heavy atom. The second-order valence-electron chi connectivity index (χ2n) is 5.68. The highest BCUT2D eigenvalue weighted by Crippen LogP contribution is 2.32. The Kier molecular flexibility index (Phi) is 4.87. The summed E-state index contributed by atoms with van der Waals surface area (Å²) in [6.45, 7) is 0. The average Bonchev–Trinajstić information content (AvgIpc) is 2.95. The number of methoxy groups -OCH3 is 1. The number of aromatic nitrogens is 3. The van der Waals surface area contributed by atoms with Crippen molar-refractivity contribution >= 4 is 11.8 Å². The van der Waals surface area contributed by atoms with Crippen LogP contribution < -0.4 is 10.6 Å². The van der Waals surface area contributed by atoms with Crippen molar-refractivity contribution in [2.75, 3.05) is 13.0 Å². The number of nitrogens with two attached hydrogens (primary N) is 1. The van der Waals surface area contributed by atoms with Crippen LogP contribution in [0.1, 0.15) is 49.4 Å². The summed E-state index contributed by atoms with van der Waals surface area (Å²) < 4.78 is 6.85. The van der Waals surface area contributed by atoms with Crippen LogP contribution in [0.2, 0.25) is 0 Å². The van der Waals surface area contributed by atoms with Gasteiger partial charge in [-0.15, -0.1) is 10.2 Å². The molecule has 1 fully saturated rings. The van der Waals surface area contributed by atoms with E-state index in [9.17, 15) is 0 Å². The monoisotopic (exact) mass is 318 g/mol. The highest BCUT2D eigenvalue weighted by molar-refractivity contribution is 7.98. The molecule has 2 aromatic rings. The van der Waals surface area contributed by atoms with Crippen molar-refractivity contribution in [2.24, 2.45) is 0 Å². The average molecular weight is 318 g/mol. The van der Waals surface area contributed by atoms with Crippen molar-refractivity contribution in [1.29, 1.82) is 0 Å². The Labute approximate surface area is 135 Å². The van der Waals surface area contributed by atoms with Gasteiger partial charge in [0.1, 0.15) is 5.75 Å². The zero-order valence-electron chi connectivity index (χ0n) is 12.9. The van der Waals surface area contributed by atoms with E-state index >= 15 is 0 Å². The molecular formula is C16H22N4OS. The van der Waals surface area contributed by atoms with E-state index in [1.54, 1.807) is 23.5 Å². The molecule has 0 aliphatic heterocycles. The van der Waals surface area contributed by atoms with Crippen LogP contribution in [0.3, 0.4) is 0 Å². The van der Waals surface area contributed by atoms with E-state index in [1.165, 1.54) is 37.7 Å². The smallest absolute Gasteiger partial charge is 0.210 e. The summed E-state index contributed by atoms with van der Waals surface area (Å²) in [6.07, 6.45) is 6.23. The van der Waals surface area contributed by atoms with E-state index in [0.717, 1.165) is 22.5 Å². The fourth-order valence-electron chi connectivity index (χ4n) is 2.90. The van der Waals surface area contributed by atoms with E-state index in [0.29, 0.717) is 5.92 Å². The van der Waals surface area contributed by atoms with Crippen LogP contribution in [-0.4, -0.2) is 22.0 Å². The lowest BCUT2D eigenvalue weighted by atomic mass is 9.89. The van der Waals surface area contributed by atoms with Gasteiger partial charge in [-0.3, -0.25) is 0 Å². The Morgan fingerprint density at radius 2 is 1.91 bits per heavy atom. The summed E-state index contributed by atoms with van der Waals surface area (Å²) in [5.41, 5.74) is 1.22. The van der Waals surface area contributed by atoms with Gasteiger partial charge in [0.15, 0.2) is 5.82 Å². The molecule has 0 unspecified atom stereocenters. The van der Waals surface area contributed by atoms with E-state index in [2.05, 4.69) is 22.3 Å². The maximum absolute atomic E-state index is 6.19.